The molecular formula is C44H26N4. The number of nitriles is 2. The zero-order valence-corrected chi connectivity index (χ0v) is 25.8. The van der Waals surface area contributed by atoms with Crippen molar-refractivity contribution >= 4 is 43.6 Å². The molecule has 7 aromatic carbocycles. The largest absolute Gasteiger partial charge is 0.309 e. The van der Waals surface area contributed by atoms with Gasteiger partial charge in [0.25, 0.3) is 0 Å². The van der Waals surface area contributed by atoms with Gasteiger partial charge in [0.15, 0.2) is 0 Å². The van der Waals surface area contributed by atoms with E-state index >= 15 is 0 Å². The van der Waals surface area contributed by atoms with Gasteiger partial charge in [0.2, 0.25) is 0 Å². The van der Waals surface area contributed by atoms with Gasteiger partial charge in [-0.15, -0.1) is 0 Å². The van der Waals surface area contributed by atoms with Gasteiger partial charge >= 0.3 is 0 Å². The summed E-state index contributed by atoms with van der Waals surface area (Å²) >= 11 is 0. The van der Waals surface area contributed by atoms with E-state index in [1.807, 2.05) is 42.5 Å². The Bertz CT molecular complexity index is 2760. The third kappa shape index (κ3) is 4.07. The average molecular weight is 611 g/mol. The summed E-state index contributed by atoms with van der Waals surface area (Å²) in [5.74, 6) is 0. The number of rotatable bonds is 4. The fraction of sp³-hybridized carbons (Fsp3) is 0. The number of fused-ring (bicyclic) bond motifs is 6. The van der Waals surface area contributed by atoms with Gasteiger partial charge in [-0.05, 0) is 59.7 Å². The number of para-hydroxylation sites is 5. The van der Waals surface area contributed by atoms with Gasteiger partial charge < -0.3 is 9.13 Å². The minimum Gasteiger partial charge on any atom is -0.309 e. The predicted octanol–water partition coefficient (Wildman–Crippen LogP) is 11.0. The molecule has 0 amide bonds. The molecule has 0 radical (unpaired) electrons. The van der Waals surface area contributed by atoms with Gasteiger partial charge in [0.1, 0.15) is 6.07 Å². The summed E-state index contributed by atoms with van der Waals surface area (Å²) in [7, 11) is 0. The van der Waals surface area contributed by atoms with Gasteiger partial charge in [-0.2, -0.15) is 10.5 Å². The molecule has 0 unspecified atom stereocenters. The van der Waals surface area contributed by atoms with Crippen molar-refractivity contribution in [2.24, 2.45) is 0 Å². The maximum atomic E-state index is 10.5. The first-order valence-corrected chi connectivity index (χ1v) is 15.9. The molecule has 0 aliphatic heterocycles. The lowest BCUT2D eigenvalue weighted by molar-refractivity contribution is 1.18. The summed E-state index contributed by atoms with van der Waals surface area (Å²) in [6.45, 7) is 0. The van der Waals surface area contributed by atoms with Crippen molar-refractivity contribution in [3.05, 3.63) is 169 Å². The van der Waals surface area contributed by atoms with Crippen LogP contribution in [0.4, 0.5) is 0 Å². The van der Waals surface area contributed by atoms with Crippen LogP contribution in [-0.2, 0) is 0 Å². The number of benzene rings is 7. The first-order valence-electron chi connectivity index (χ1n) is 15.9. The molecule has 9 rings (SSSR count). The number of hydrogen-bond acceptors (Lipinski definition) is 2. The Morgan fingerprint density at radius 1 is 0.396 bits per heavy atom. The third-order valence-corrected chi connectivity index (χ3v) is 9.41. The van der Waals surface area contributed by atoms with Crippen LogP contribution >= 0.6 is 0 Å². The van der Waals surface area contributed by atoms with E-state index < -0.39 is 0 Å². The van der Waals surface area contributed by atoms with E-state index in [-0.39, 0.29) is 0 Å². The molecule has 0 fully saturated rings. The van der Waals surface area contributed by atoms with E-state index in [4.69, 9.17) is 0 Å². The van der Waals surface area contributed by atoms with Crippen LogP contribution in [0.25, 0.3) is 77.2 Å². The van der Waals surface area contributed by atoms with Crippen LogP contribution in [0.2, 0.25) is 0 Å². The van der Waals surface area contributed by atoms with Crippen LogP contribution in [0.5, 0.6) is 0 Å². The summed E-state index contributed by atoms with van der Waals surface area (Å²) in [6, 6.07) is 58.8. The van der Waals surface area contributed by atoms with Crippen molar-refractivity contribution < 1.29 is 0 Å². The molecule has 4 nitrogen and oxygen atoms in total. The summed E-state index contributed by atoms with van der Waals surface area (Å²) in [4.78, 5) is 0. The molecule has 4 heteroatoms. The minimum absolute atomic E-state index is 0.587. The Morgan fingerprint density at radius 2 is 0.958 bits per heavy atom. The highest BCUT2D eigenvalue weighted by Gasteiger charge is 2.19. The Morgan fingerprint density at radius 3 is 1.67 bits per heavy atom. The third-order valence-electron chi connectivity index (χ3n) is 9.41. The second kappa shape index (κ2) is 10.9. The second-order valence-electron chi connectivity index (χ2n) is 12.0. The lowest BCUT2D eigenvalue weighted by Crippen LogP contribution is -1.99. The van der Waals surface area contributed by atoms with Crippen LogP contribution in [-0.4, -0.2) is 9.13 Å². The van der Waals surface area contributed by atoms with E-state index in [2.05, 4.69) is 137 Å². The van der Waals surface area contributed by atoms with Crippen molar-refractivity contribution in [1.82, 2.24) is 9.13 Å². The molecule has 48 heavy (non-hydrogen) atoms. The van der Waals surface area contributed by atoms with Gasteiger partial charge in [0.05, 0.1) is 45.0 Å². The molecule has 0 saturated carbocycles. The molecule has 222 valence electrons. The zero-order valence-electron chi connectivity index (χ0n) is 25.8. The topological polar surface area (TPSA) is 57.4 Å². The first kappa shape index (κ1) is 27.4. The Hall–Kier alpha value is -6.88. The maximum absolute atomic E-state index is 10.5. The standard InChI is InChI=1S/C44H26N4/c45-27-31-12-10-18-39-38-17-4-8-22-43(38)48(44(31)39)42-21-7-1-14-35(42)34-24-23-30(25-32(34)28-46)29-11-9-13-33(26-29)47-40-19-5-2-15-36(40)37-16-3-6-20-41(37)47/h1-26H. The average Bonchev–Trinajstić information content (AvgIpc) is 3.68. The van der Waals surface area contributed by atoms with E-state index in [1.54, 1.807) is 0 Å². The van der Waals surface area contributed by atoms with Crippen molar-refractivity contribution in [2.45, 2.75) is 0 Å². The highest BCUT2D eigenvalue weighted by Crippen LogP contribution is 2.39. The Kier molecular flexibility index (Phi) is 6.22. The first-order chi connectivity index (χ1) is 23.7. The van der Waals surface area contributed by atoms with Crippen molar-refractivity contribution in [1.29, 1.82) is 10.5 Å². The molecule has 9 aromatic rings. The van der Waals surface area contributed by atoms with Crippen molar-refractivity contribution in [3.8, 4) is 45.8 Å². The van der Waals surface area contributed by atoms with E-state index in [1.165, 1.54) is 10.8 Å². The van der Waals surface area contributed by atoms with Crippen LogP contribution in [0, 0.1) is 22.7 Å². The van der Waals surface area contributed by atoms with Gasteiger partial charge in [0, 0.05) is 38.4 Å². The van der Waals surface area contributed by atoms with Crippen molar-refractivity contribution in [3.63, 3.8) is 0 Å². The predicted molar refractivity (Wildman–Crippen MR) is 195 cm³/mol. The monoisotopic (exact) mass is 610 g/mol. The quantitative estimate of drug-likeness (QED) is 0.199. The van der Waals surface area contributed by atoms with E-state index in [0.717, 1.165) is 66.5 Å². The molecule has 0 spiro atoms. The normalized spacial score (nSPS) is 11.3. The lowest BCUT2D eigenvalue weighted by atomic mass is 9.94. The highest BCUT2D eigenvalue weighted by molar-refractivity contribution is 6.12. The molecular weight excluding hydrogens is 585 g/mol. The maximum Gasteiger partial charge on any atom is 0.101 e. The molecule has 0 aliphatic rings. The van der Waals surface area contributed by atoms with E-state index in [0.29, 0.717) is 11.1 Å². The molecule has 2 aromatic heterocycles. The second-order valence-corrected chi connectivity index (χ2v) is 12.0. The molecule has 0 saturated heterocycles. The lowest BCUT2D eigenvalue weighted by Gasteiger charge is -2.16. The number of hydrogen-bond donors (Lipinski definition) is 0. The summed E-state index contributed by atoms with van der Waals surface area (Å²) < 4.78 is 4.48. The number of aromatic nitrogens is 2. The smallest absolute Gasteiger partial charge is 0.101 e. The SMILES string of the molecule is N#Cc1cc(-c2cccc(-n3c4ccccc4c4ccccc43)c2)ccc1-c1ccccc1-n1c2ccccc2c2cccc(C#N)c21. The summed E-state index contributed by atoms with van der Waals surface area (Å²) in [5.41, 5.74) is 11.2. The van der Waals surface area contributed by atoms with Gasteiger partial charge in [-0.25, -0.2) is 0 Å². The Balaban J connectivity index is 1.21. The number of nitrogens with zero attached hydrogens (tertiary/aromatic N) is 4. The van der Waals surface area contributed by atoms with Crippen LogP contribution in [0.15, 0.2) is 158 Å². The molecule has 2 heterocycles. The fourth-order valence-electron chi connectivity index (χ4n) is 7.33. The zero-order chi connectivity index (χ0) is 32.2. The molecule has 0 bridgehead atoms. The summed E-state index contributed by atoms with van der Waals surface area (Å²) in [5, 5.41) is 25.2. The van der Waals surface area contributed by atoms with Crippen molar-refractivity contribution in [2.75, 3.05) is 0 Å². The fourth-order valence-corrected chi connectivity index (χ4v) is 7.33. The summed E-state index contributed by atoms with van der Waals surface area (Å²) in [6.07, 6.45) is 0. The van der Waals surface area contributed by atoms with Gasteiger partial charge in [-0.3, -0.25) is 0 Å². The van der Waals surface area contributed by atoms with Crippen LogP contribution in [0.1, 0.15) is 11.1 Å². The van der Waals surface area contributed by atoms with Crippen LogP contribution < -0.4 is 0 Å². The Labute approximate surface area is 277 Å². The van der Waals surface area contributed by atoms with Gasteiger partial charge in [-0.1, -0.05) is 109 Å². The molecule has 0 N–H and O–H groups in total. The molecule has 0 atom stereocenters. The van der Waals surface area contributed by atoms with Crippen LogP contribution in [0.3, 0.4) is 0 Å². The highest BCUT2D eigenvalue weighted by atomic mass is 15.0. The minimum atomic E-state index is 0.587. The molecule has 0 aliphatic carbocycles. The van der Waals surface area contributed by atoms with E-state index in [9.17, 15) is 10.5 Å².